The molecular weight excluding hydrogens is 394 g/mol. The third kappa shape index (κ3) is 3.52. The molecule has 9 heteroatoms. The molecule has 3 heterocycles. The summed E-state index contributed by atoms with van der Waals surface area (Å²) in [7, 11) is 0. The Morgan fingerprint density at radius 3 is 2.67 bits per heavy atom. The predicted octanol–water partition coefficient (Wildman–Crippen LogP) is 2.25. The third-order valence-corrected chi connectivity index (χ3v) is 5.04. The van der Waals surface area contributed by atoms with Gasteiger partial charge in [0.2, 0.25) is 5.43 Å². The van der Waals surface area contributed by atoms with Crippen molar-refractivity contribution in [2.24, 2.45) is 0 Å². The molecule has 156 valence electrons. The van der Waals surface area contributed by atoms with Crippen molar-refractivity contribution in [1.82, 2.24) is 14.9 Å². The fourth-order valence-corrected chi connectivity index (χ4v) is 3.60. The number of benzene rings is 1. The molecule has 0 unspecified atom stereocenters. The minimum absolute atomic E-state index is 0.0341. The van der Waals surface area contributed by atoms with Crippen molar-refractivity contribution in [2.45, 2.75) is 6.92 Å². The SMILES string of the molecule is CCOC(=O)c1cn(-c2ccncc2F)c2cc(N3CCNCC3)c(F)cc2c1=O. The van der Waals surface area contributed by atoms with E-state index in [1.54, 1.807) is 6.92 Å². The van der Waals surface area contributed by atoms with Gasteiger partial charge in [0.15, 0.2) is 5.82 Å². The van der Waals surface area contributed by atoms with E-state index in [2.05, 4.69) is 10.3 Å². The number of rotatable bonds is 4. The lowest BCUT2D eigenvalue weighted by Gasteiger charge is -2.30. The summed E-state index contributed by atoms with van der Waals surface area (Å²) in [5.41, 5.74) is -0.281. The Hall–Kier alpha value is -3.33. The highest BCUT2D eigenvalue weighted by Crippen LogP contribution is 2.28. The van der Waals surface area contributed by atoms with Crippen LogP contribution < -0.4 is 15.6 Å². The summed E-state index contributed by atoms with van der Waals surface area (Å²) in [5.74, 6) is -2.08. The Bertz CT molecular complexity index is 1170. The Kier molecular flexibility index (Phi) is 5.45. The van der Waals surface area contributed by atoms with E-state index >= 15 is 0 Å². The average Bonchev–Trinajstić information content (AvgIpc) is 2.75. The molecule has 0 atom stereocenters. The number of ether oxygens (including phenoxy) is 1. The number of hydrogen-bond acceptors (Lipinski definition) is 6. The smallest absolute Gasteiger partial charge is 0.343 e. The number of piperazine rings is 1. The first-order chi connectivity index (χ1) is 14.5. The van der Waals surface area contributed by atoms with E-state index in [1.165, 1.54) is 29.1 Å². The molecule has 0 amide bonds. The largest absolute Gasteiger partial charge is 0.462 e. The first-order valence-corrected chi connectivity index (χ1v) is 9.63. The fraction of sp³-hybridized carbons (Fsp3) is 0.286. The molecule has 0 spiro atoms. The maximum atomic E-state index is 15.0. The maximum Gasteiger partial charge on any atom is 0.343 e. The molecule has 0 radical (unpaired) electrons. The quantitative estimate of drug-likeness (QED) is 0.660. The second kappa shape index (κ2) is 8.19. The minimum atomic E-state index is -0.848. The van der Waals surface area contributed by atoms with Gasteiger partial charge in [0.05, 0.1) is 29.7 Å². The summed E-state index contributed by atoms with van der Waals surface area (Å²) < 4.78 is 35.8. The first kappa shape index (κ1) is 20.0. The summed E-state index contributed by atoms with van der Waals surface area (Å²) in [4.78, 5) is 30.9. The summed E-state index contributed by atoms with van der Waals surface area (Å²) in [6.45, 7) is 4.26. The zero-order chi connectivity index (χ0) is 21.3. The van der Waals surface area contributed by atoms with Crippen molar-refractivity contribution in [1.29, 1.82) is 0 Å². The Morgan fingerprint density at radius 1 is 1.20 bits per heavy atom. The van der Waals surface area contributed by atoms with Gasteiger partial charge in [-0.1, -0.05) is 0 Å². The van der Waals surface area contributed by atoms with Crippen LogP contribution >= 0.6 is 0 Å². The van der Waals surface area contributed by atoms with E-state index in [9.17, 15) is 18.4 Å². The summed E-state index contributed by atoms with van der Waals surface area (Å²) in [6.07, 6.45) is 3.66. The van der Waals surface area contributed by atoms with Crippen LogP contribution in [0.2, 0.25) is 0 Å². The summed E-state index contributed by atoms with van der Waals surface area (Å²) >= 11 is 0. The van der Waals surface area contributed by atoms with Crippen molar-refractivity contribution in [3.63, 3.8) is 0 Å². The lowest BCUT2D eigenvalue weighted by atomic mass is 10.1. The van der Waals surface area contributed by atoms with Gasteiger partial charge in [0.25, 0.3) is 0 Å². The van der Waals surface area contributed by atoms with Crippen LogP contribution in [0.15, 0.2) is 41.6 Å². The van der Waals surface area contributed by atoms with Crippen LogP contribution in [-0.4, -0.2) is 48.3 Å². The van der Waals surface area contributed by atoms with Gasteiger partial charge in [0.1, 0.15) is 11.4 Å². The fourth-order valence-electron chi connectivity index (χ4n) is 3.60. The van der Waals surface area contributed by atoms with E-state index in [-0.39, 0.29) is 28.8 Å². The number of nitrogens with one attached hydrogen (secondary N) is 1. The third-order valence-electron chi connectivity index (χ3n) is 5.04. The molecule has 1 aromatic carbocycles. The van der Waals surface area contributed by atoms with E-state index in [4.69, 9.17) is 4.74 Å². The molecule has 1 saturated heterocycles. The zero-order valence-corrected chi connectivity index (χ0v) is 16.3. The number of aromatic nitrogens is 2. The standard InChI is InChI=1S/C21H20F2N4O3/c1-2-30-21(29)14-12-27(17-3-4-25-11-16(17)23)18-10-19(26-7-5-24-6-8-26)15(22)9-13(18)20(14)28/h3-4,9-12,24H,2,5-8H2,1H3. The van der Waals surface area contributed by atoms with Gasteiger partial charge >= 0.3 is 5.97 Å². The number of hydrogen-bond donors (Lipinski definition) is 1. The van der Waals surface area contributed by atoms with Crippen molar-refractivity contribution in [2.75, 3.05) is 37.7 Å². The molecule has 0 saturated carbocycles. The van der Waals surface area contributed by atoms with Gasteiger partial charge in [-0.15, -0.1) is 0 Å². The highest BCUT2D eigenvalue weighted by Gasteiger charge is 2.22. The van der Waals surface area contributed by atoms with Gasteiger partial charge < -0.3 is 19.5 Å². The van der Waals surface area contributed by atoms with E-state index in [0.717, 1.165) is 12.3 Å². The number of nitrogens with zero attached hydrogens (tertiary/aromatic N) is 3. The maximum absolute atomic E-state index is 15.0. The first-order valence-electron chi connectivity index (χ1n) is 9.63. The van der Waals surface area contributed by atoms with Crippen molar-refractivity contribution in [3.05, 3.63) is 64.2 Å². The molecule has 4 rings (SSSR count). The average molecular weight is 414 g/mol. The van der Waals surface area contributed by atoms with Gasteiger partial charge in [-0.25, -0.2) is 13.6 Å². The highest BCUT2D eigenvalue weighted by molar-refractivity contribution is 5.95. The summed E-state index contributed by atoms with van der Waals surface area (Å²) in [5, 5.41) is 3.17. The number of pyridine rings is 2. The second-order valence-electron chi connectivity index (χ2n) is 6.85. The lowest BCUT2D eigenvalue weighted by molar-refractivity contribution is 0.0524. The Morgan fingerprint density at radius 2 is 1.97 bits per heavy atom. The molecule has 2 aromatic heterocycles. The topological polar surface area (TPSA) is 76.5 Å². The highest BCUT2D eigenvalue weighted by atomic mass is 19.1. The van der Waals surface area contributed by atoms with Crippen molar-refractivity contribution >= 4 is 22.6 Å². The number of carbonyl (C=O) groups excluding carboxylic acids is 1. The molecule has 3 aromatic rings. The number of halogens is 2. The molecule has 1 aliphatic rings. The van der Waals surface area contributed by atoms with Crippen LogP contribution in [0.25, 0.3) is 16.6 Å². The van der Waals surface area contributed by atoms with Gasteiger partial charge in [-0.05, 0) is 25.1 Å². The number of carbonyl (C=O) groups is 1. The summed E-state index contributed by atoms with van der Waals surface area (Å²) in [6, 6.07) is 4.04. The lowest BCUT2D eigenvalue weighted by Crippen LogP contribution is -2.43. The van der Waals surface area contributed by atoms with Crippen LogP contribution in [0.1, 0.15) is 17.3 Å². The monoisotopic (exact) mass is 414 g/mol. The molecule has 0 bridgehead atoms. The van der Waals surface area contributed by atoms with E-state index in [1.807, 2.05) is 4.90 Å². The normalized spacial score (nSPS) is 14.2. The van der Waals surface area contributed by atoms with Crippen LogP contribution in [0.4, 0.5) is 14.5 Å². The van der Waals surface area contributed by atoms with E-state index in [0.29, 0.717) is 31.9 Å². The van der Waals surface area contributed by atoms with Crippen LogP contribution in [-0.2, 0) is 4.74 Å². The molecule has 1 aliphatic heterocycles. The van der Waals surface area contributed by atoms with Crippen LogP contribution in [0.5, 0.6) is 0 Å². The van der Waals surface area contributed by atoms with E-state index < -0.39 is 23.0 Å². The number of esters is 1. The second-order valence-corrected chi connectivity index (χ2v) is 6.85. The Balaban J connectivity index is 2.02. The van der Waals surface area contributed by atoms with Gasteiger partial charge in [-0.2, -0.15) is 0 Å². The zero-order valence-electron chi connectivity index (χ0n) is 16.3. The Labute approximate surface area is 170 Å². The molecular formula is C21H20F2N4O3. The molecule has 0 aliphatic carbocycles. The number of anilines is 1. The van der Waals surface area contributed by atoms with Crippen LogP contribution in [0, 0.1) is 11.6 Å². The molecule has 1 fully saturated rings. The predicted molar refractivity (Wildman–Crippen MR) is 108 cm³/mol. The van der Waals surface area contributed by atoms with Gasteiger partial charge in [-0.3, -0.25) is 9.78 Å². The molecule has 30 heavy (non-hydrogen) atoms. The molecule has 7 nitrogen and oxygen atoms in total. The molecule has 1 N–H and O–H groups in total. The number of fused-ring (bicyclic) bond motifs is 1. The van der Waals surface area contributed by atoms with Crippen molar-refractivity contribution in [3.8, 4) is 5.69 Å². The van der Waals surface area contributed by atoms with Gasteiger partial charge in [0, 0.05) is 44.0 Å². The minimum Gasteiger partial charge on any atom is -0.462 e. The van der Waals surface area contributed by atoms with Crippen molar-refractivity contribution < 1.29 is 18.3 Å². The van der Waals surface area contributed by atoms with Crippen LogP contribution in [0.3, 0.4) is 0 Å².